The molecule has 0 amide bonds. The minimum atomic E-state index is -0.517. The fourth-order valence-corrected chi connectivity index (χ4v) is 2.95. The Morgan fingerprint density at radius 2 is 2.00 bits per heavy atom. The monoisotopic (exact) mass is 402 g/mol. The summed E-state index contributed by atoms with van der Waals surface area (Å²) in [6.07, 6.45) is 1.85. The van der Waals surface area contributed by atoms with E-state index < -0.39 is 5.97 Å². The topological polar surface area (TPSA) is 77.9 Å². The van der Waals surface area contributed by atoms with Gasteiger partial charge in [0.1, 0.15) is 12.4 Å². The van der Waals surface area contributed by atoms with E-state index in [-0.39, 0.29) is 12.4 Å². The van der Waals surface area contributed by atoms with Crippen molar-refractivity contribution in [3.63, 3.8) is 0 Å². The molecule has 0 aliphatic carbocycles. The summed E-state index contributed by atoms with van der Waals surface area (Å²) in [6.45, 7) is 6.72. The van der Waals surface area contributed by atoms with Crippen LogP contribution in [0.1, 0.15) is 28.8 Å². The van der Waals surface area contributed by atoms with E-state index >= 15 is 0 Å². The van der Waals surface area contributed by atoms with Gasteiger partial charge in [0.15, 0.2) is 11.5 Å². The Morgan fingerprint density at radius 3 is 2.72 bits per heavy atom. The highest BCUT2D eigenvalue weighted by Gasteiger charge is 2.15. The molecule has 2 heterocycles. The van der Waals surface area contributed by atoms with Crippen LogP contribution < -0.4 is 14.4 Å². The lowest BCUT2D eigenvalue weighted by Crippen LogP contribution is -3.11. The molecule has 3 rings (SSSR count). The van der Waals surface area contributed by atoms with Crippen LogP contribution in [0.5, 0.6) is 11.5 Å². The van der Waals surface area contributed by atoms with Crippen molar-refractivity contribution in [1.29, 1.82) is 0 Å². The zero-order valence-electron chi connectivity index (χ0n) is 17.1. The SMILES string of the molecule is CCOc1cc(/C=N\N2CC[NH+](C)CC2)ccc1OCc1ccc(C(=O)OC)o1. The van der Waals surface area contributed by atoms with Crippen LogP contribution in [0.15, 0.2) is 39.9 Å². The predicted molar refractivity (Wildman–Crippen MR) is 108 cm³/mol. The molecule has 2 aromatic rings. The summed E-state index contributed by atoms with van der Waals surface area (Å²) in [4.78, 5) is 13.0. The van der Waals surface area contributed by atoms with E-state index in [1.54, 1.807) is 12.1 Å². The lowest BCUT2D eigenvalue weighted by Gasteiger charge is -2.27. The van der Waals surface area contributed by atoms with Crippen LogP contribution in [0.3, 0.4) is 0 Å². The highest BCUT2D eigenvalue weighted by molar-refractivity contribution is 5.86. The number of rotatable bonds is 8. The van der Waals surface area contributed by atoms with E-state index in [2.05, 4.69) is 21.9 Å². The lowest BCUT2D eigenvalue weighted by molar-refractivity contribution is -0.884. The van der Waals surface area contributed by atoms with Crippen LogP contribution >= 0.6 is 0 Å². The molecular formula is C21H28N3O5+. The van der Waals surface area contributed by atoms with Crippen molar-refractivity contribution in [3.05, 3.63) is 47.4 Å². The Bertz CT molecular complexity index is 841. The number of hydrazone groups is 1. The Balaban J connectivity index is 1.64. The van der Waals surface area contributed by atoms with Gasteiger partial charge in [0, 0.05) is 0 Å². The summed E-state index contributed by atoms with van der Waals surface area (Å²) < 4.78 is 21.6. The van der Waals surface area contributed by atoms with Crippen molar-refractivity contribution in [2.75, 3.05) is 46.9 Å². The summed E-state index contributed by atoms with van der Waals surface area (Å²) in [5, 5.41) is 6.67. The lowest BCUT2D eigenvalue weighted by atomic mass is 10.2. The van der Waals surface area contributed by atoms with Crippen LogP contribution in [0, 0.1) is 0 Å². The third kappa shape index (κ3) is 5.74. The van der Waals surface area contributed by atoms with Gasteiger partial charge in [-0.1, -0.05) is 0 Å². The van der Waals surface area contributed by atoms with Gasteiger partial charge in [0.2, 0.25) is 5.76 Å². The van der Waals surface area contributed by atoms with Crippen LogP contribution in [-0.2, 0) is 11.3 Å². The number of furan rings is 1. The average Bonchev–Trinajstić information content (AvgIpc) is 3.21. The van der Waals surface area contributed by atoms with Gasteiger partial charge in [-0.05, 0) is 42.8 Å². The molecule has 0 atom stereocenters. The maximum Gasteiger partial charge on any atom is 0.373 e. The maximum absolute atomic E-state index is 11.5. The van der Waals surface area contributed by atoms with E-state index in [0.717, 1.165) is 31.7 Å². The molecule has 1 N–H and O–H groups in total. The number of hydrogen-bond acceptors (Lipinski definition) is 7. The normalized spacial score (nSPS) is 14.9. The van der Waals surface area contributed by atoms with Crippen molar-refractivity contribution < 1.29 is 28.3 Å². The Hall–Kier alpha value is -3.00. The van der Waals surface area contributed by atoms with E-state index in [1.807, 2.05) is 31.3 Å². The van der Waals surface area contributed by atoms with E-state index in [0.29, 0.717) is 23.9 Å². The van der Waals surface area contributed by atoms with Gasteiger partial charge in [-0.3, -0.25) is 5.01 Å². The standard InChI is InChI=1S/C21H27N3O5/c1-4-27-20-13-16(14-22-24-11-9-23(2)10-12-24)5-7-18(20)28-15-17-6-8-19(29-17)21(25)26-3/h5-8,13-14H,4,9-12,15H2,1-3H3/p+1/b22-14-. The number of ether oxygens (including phenoxy) is 3. The van der Waals surface area contributed by atoms with Gasteiger partial charge in [0.25, 0.3) is 0 Å². The molecule has 1 aliphatic heterocycles. The van der Waals surface area contributed by atoms with Gasteiger partial charge in [0.05, 0.1) is 53.2 Å². The number of benzene rings is 1. The molecule has 0 radical (unpaired) electrons. The Labute approximate surface area is 170 Å². The number of nitrogens with zero attached hydrogens (tertiary/aromatic N) is 2. The first-order valence-electron chi connectivity index (χ1n) is 9.76. The van der Waals surface area contributed by atoms with E-state index in [1.165, 1.54) is 12.0 Å². The van der Waals surface area contributed by atoms with Gasteiger partial charge in [-0.15, -0.1) is 0 Å². The van der Waals surface area contributed by atoms with Gasteiger partial charge in [-0.25, -0.2) is 4.79 Å². The molecule has 0 spiro atoms. The summed E-state index contributed by atoms with van der Waals surface area (Å²) in [7, 11) is 3.51. The third-order valence-electron chi connectivity index (χ3n) is 4.65. The van der Waals surface area contributed by atoms with Gasteiger partial charge < -0.3 is 23.5 Å². The zero-order chi connectivity index (χ0) is 20.6. The largest absolute Gasteiger partial charge is 0.490 e. The van der Waals surface area contributed by atoms with Crippen molar-refractivity contribution >= 4 is 12.2 Å². The molecule has 0 bridgehead atoms. The number of nitrogens with one attached hydrogen (secondary N) is 1. The van der Waals surface area contributed by atoms with E-state index in [9.17, 15) is 4.79 Å². The quantitative estimate of drug-likeness (QED) is 0.528. The number of piperazine rings is 1. The number of carbonyl (C=O) groups excluding carboxylic acids is 1. The van der Waals surface area contributed by atoms with Crippen molar-refractivity contribution in [1.82, 2.24) is 5.01 Å². The summed E-state index contributed by atoms with van der Waals surface area (Å²) in [5.41, 5.74) is 0.943. The molecule has 1 saturated heterocycles. The predicted octanol–water partition coefficient (Wildman–Crippen LogP) is 1.21. The molecule has 0 saturated carbocycles. The third-order valence-corrected chi connectivity index (χ3v) is 4.65. The summed E-state index contributed by atoms with van der Waals surface area (Å²) in [5.74, 6) is 1.39. The molecule has 156 valence electrons. The number of hydrogen-bond donors (Lipinski definition) is 1. The minimum absolute atomic E-state index is 0.146. The van der Waals surface area contributed by atoms with Crippen molar-refractivity contribution in [2.24, 2.45) is 5.10 Å². The van der Waals surface area contributed by atoms with Crippen LogP contribution in [0.4, 0.5) is 0 Å². The molecular weight excluding hydrogens is 374 g/mol. The summed E-state index contributed by atoms with van der Waals surface area (Å²) >= 11 is 0. The number of carbonyl (C=O) groups is 1. The number of methoxy groups -OCH3 is 1. The second-order valence-electron chi connectivity index (χ2n) is 6.84. The van der Waals surface area contributed by atoms with Crippen LogP contribution in [0.25, 0.3) is 0 Å². The van der Waals surface area contributed by atoms with Crippen LogP contribution in [0.2, 0.25) is 0 Å². The van der Waals surface area contributed by atoms with Crippen molar-refractivity contribution in [2.45, 2.75) is 13.5 Å². The molecule has 8 heteroatoms. The Morgan fingerprint density at radius 1 is 1.21 bits per heavy atom. The zero-order valence-corrected chi connectivity index (χ0v) is 17.1. The highest BCUT2D eigenvalue weighted by atomic mass is 16.5. The second-order valence-corrected chi connectivity index (χ2v) is 6.84. The number of likely N-dealkylation sites (N-methyl/N-ethyl adjacent to an activating group) is 1. The number of esters is 1. The van der Waals surface area contributed by atoms with Crippen molar-refractivity contribution in [3.8, 4) is 11.5 Å². The molecule has 1 fully saturated rings. The first-order chi connectivity index (χ1) is 14.1. The van der Waals surface area contributed by atoms with Crippen LogP contribution in [-0.4, -0.2) is 64.1 Å². The van der Waals surface area contributed by atoms with E-state index in [4.69, 9.17) is 13.9 Å². The molecule has 1 aliphatic rings. The Kier molecular flexibility index (Phi) is 7.13. The second kappa shape index (κ2) is 9.97. The molecule has 8 nitrogen and oxygen atoms in total. The average molecular weight is 402 g/mol. The number of quaternary nitrogens is 1. The first-order valence-corrected chi connectivity index (χ1v) is 9.76. The minimum Gasteiger partial charge on any atom is -0.490 e. The maximum atomic E-state index is 11.5. The fourth-order valence-electron chi connectivity index (χ4n) is 2.95. The summed E-state index contributed by atoms with van der Waals surface area (Å²) in [6, 6.07) is 8.94. The highest BCUT2D eigenvalue weighted by Crippen LogP contribution is 2.29. The molecule has 0 unspecified atom stereocenters. The van der Waals surface area contributed by atoms with Gasteiger partial charge in [-0.2, -0.15) is 5.10 Å². The molecule has 1 aromatic carbocycles. The molecule has 29 heavy (non-hydrogen) atoms. The van der Waals surface area contributed by atoms with Gasteiger partial charge >= 0.3 is 5.97 Å². The fraction of sp³-hybridized carbons (Fsp3) is 0.429. The smallest absolute Gasteiger partial charge is 0.373 e. The molecule has 1 aromatic heterocycles. The first kappa shape index (κ1) is 20.7.